The number of anilines is 1. The van der Waals surface area contributed by atoms with Crippen molar-refractivity contribution in [3.63, 3.8) is 0 Å². The molecule has 1 aliphatic heterocycles. The maximum atomic E-state index is 14.0. The van der Waals surface area contributed by atoms with Gasteiger partial charge in [-0.3, -0.25) is 9.55 Å². The van der Waals surface area contributed by atoms with Gasteiger partial charge in [-0.1, -0.05) is 23.9 Å². The molecule has 0 atom stereocenters. The number of pyridine rings is 1. The van der Waals surface area contributed by atoms with Crippen molar-refractivity contribution in [2.45, 2.75) is 10.9 Å². The average Bonchev–Trinajstić information content (AvgIpc) is 3.46. The second kappa shape index (κ2) is 9.13. The molecular weight excluding hydrogens is 435 g/mol. The fourth-order valence-electron chi connectivity index (χ4n) is 3.28. The molecule has 4 aromatic rings. The van der Waals surface area contributed by atoms with Gasteiger partial charge in [0, 0.05) is 30.4 Å². The first-order valence-electron chi connectivity index (χ1n) is 9.80. The third kappa shape index (κ3) is 4.46. The molecule has 0 saturated carbocycles. The Kier molecular flexibility index (Phi) is 5.92. The molecule has 158 valence electrons. The zero-order chi connectivity index (χ0) is 21.0. The van der Waals surface area contributed by atoms with Crippen LogP contribution >= 0.6 is 23.1 Å². The highest BCUT2D eigenvalue weighted by Gasteiger charge is 2.22. The predicted octanol–water partition coefficient (Wildman–Crippen LogP) is 4.05. The van der Waals surface area contributed by atoms with Crippen LogP contribution in [0.5, 0.6) is 0 Å². The summed E-state index contributed by atoms with van der Waals surface area (Å²) in [6.45, 7) is 2.70. The Balaban J connectivity index is 1.41. The number of thiazole rings is 1. The number of rotatable bonds is 6. The summed E-state index contributed by atoms with van der Waals surface area (Å²) >= 11 is 3.09. The fourth-order valence-corrected chi connectivity index (χ4v) is 5.02. The van der Waals surface area contributed by atoms with Gasteiger partial charge in [0.15, 0.2) is 5.16 Å². The molecule has 0 spiro atoms. The summed E-state index contributed by atoms with van der Waals surface area (Å²) in [6.07, 6.45) is 1.76. The van der Waals surface area contributed by atoms with Crippen molar-refractivity contribution < 1.29 is 9.13 Å². The second-order valence-electron chi connectivity index (χ2n) is 6.84. The molecule has 3 aromatic heterocycles. The SMILES string of the molecule is Fc1cccc(-n2c(SCc3csc(-c4ccccn4)n3)nnc2N2CCOCC2)c1. The van der Waals surface area contributed by atoms with Gasteiger partial charge in [-0.05, 0) is 30.3 Å². The molecule has 5 rings (SSSR count). The maximum absolute atomic E-state index is 14.0. The summed E-state index contributed by atoms with van der Waals surface area (Å²) in [4.78, 5) is 11.2. The minimum atomic E-state index is -0.297. The summed E-state index contributed by atoms with van der Waals surface area (Å²) in [5.74, 6) is 1.03. The van der Waals surface area contributed by atoms with Crippen LogP contribution in [0.25, 0.3) is 16.4 Å². The van der Waals surface area contributed by atoms with Crippen LogP contribution in [0.1, 0.15) is 5.69 Å². The summed E-state index contributed by atoms with van der Waals surface area (Å²) in [7, 11) is 0. The van der Waals surface area contributed by atoms with E-state index in [1.165, 1.54) is 23.9 Å². The van der Waals surface area contributed by atoms with E-state index in [4.69, 9.17) is 9.72 Å². The minimum Gasteiger partial charge on any atom is -0.378 e. The third-order valence-electron chi connectivity index (χ3n) is 4.76. The second-order valence-corrected chi connectivity index (χ2v) is 8.65. The first kappa shape index (κ1) is 20.1. The van der Waals surface area contributed by atoms with Gasteiger partial charge in [-0.25, -0.2) is 9.37 Å². The molecular formula is C21H19FN6OS2. The number of benzene rings is 1. The summed E-state index contributed by atoms with van der Waals surface area (Å²) in [5.41, 5.74) is 2.50. The molecule has 31 heavy (non-hydrogen) atoms. The average molecular weight is 455 g/mol. The molecule has 1 aromatic carbocycles. The number of ether oxygens (including phenoxy) is 1. The van der Waals surface area contributed by atoms with Crippen LogP contribution in [-0.4, -0.2) is 51.0 Å². The van der Waals surface area contributed by atoms with Crippen molar-refractivity contribution in [1.29, 1.82) is 0 Å². The monoisotopic (exact) mass is 454 g/mol. The van der Waals surface area contributed by atoms with E-state index in [9.17, 15) is 4.39 Å². The highest BCUT2D eigenvalue weighted by Crippen LogP contribution is 2.31. The molecule has 0 bridgehead atoms. The Hall–Kier alpha value is -2.82. The fraction of sp³-hybridized carbons (Fsp3) is 0.238. The van der Waals surface area contributed by atoms with Crippen LogP contribution in [0.15, 0.2) is 59.2 Å². The molecule has 0 aliphatic carbocycles. The Bertz CT molecular complexity index is 1160. The van der Waals surface area contributed by atoms with Crippen molar-refractivity contribution in [2.75, 3.05) is 31.2 Å². The Morgan fingerprint density at radius 1 is 1.10 bits per heavy atom. The molecule has 4 heterocycles. The van der Waals surface area contributed by atoms with Gasteiger partial charge >= 0.3 is 0 Å². The van der Waals surface area contributed by atoms with Crippen LogP contribution in [0.4, 0.5) is 10.3 Å². The first-order valence-corrected chi connectivity index (χ1v) is 11.7. The topological polar surface area (TPSA) is 69.0 Å². The van der Waals surface area contributed by atoms with Crippen molar-refractivity contribution in [3.8, 4) is 16.4 Å². The highest BCUT2D eigenvalue weighted by atomic mass is 32.2. The lowest BCUT2D eigenvalue weighted by atomic mass is 10.3. The molecule has 1 saturated heterocycles. The van der Waals surface area contributed by atoms with Crippen molar-refractivity contribution >= 4 is 29.0 Å². The molecule has 1 fully saturated rings. The number of morpholine rings is 1. The van der Waals surface area contributed by atoms with Gasteiger partial charge in [0.1, 0.15) is 10.8 Å². The molecule has 0 unspecified atom stereocenters. The van der Waals surface area contributed by atoms with Crippen LogP contribution in [-0.2, 0) is 10.5 Å². The zero-order valence-electron chi connectivity index (χ0n) is 16.5. The van der Waals surface area contributed by atoms with E-state index in [1.807, 2.05) is 34.2 Å². The van der Waals surface area contributed by atoms with Gasteiger partial charge in [0.2, 0.25) is 5.95 Å². The number of thioether (sulfide) groups is 1. The largest absolute Gasteiger partial charge is 0.378 e. The minimum absolute atomic E-state index is 0.297. The predicted molar refractivity (Wildman–Crippen MR) is 119 cm³/mol. The lowest BCUT2D eigenvalue weighted by Gasteiger charge is -2.27. The van der Waals surface area contributed by atoms with E-state index >= 15 is 0 Å². The number of aromatic nitrogens is 5. The van der Waals surface area contributed by atoms with E-state index in [-0.39, 0.29) is 5.82 Å². The lowest BCUT2D eigenvalue weighted by molar-refractivity contribution is 0.122. The first-order chi connectivity index (χ1) is 15.3. The van der Waals surface area contributed by atoms with Gasteiger partial charge in [-0.15, -0.1) is 21.5 Å². The quantitative estimate of drug-likeness (QED) is 0.407. The van der Waals surface area contributed by atoms with E-state index in [1.54, 1.807) is 23.6 Å². The molecule has 7 nitrogen and oxygen atoms in total. The third-order valence-corrected chi connectivity index (χ3v) is 6.64. The van der Waals surface area contributed by atoms with Gasteiger partial charge in [0.25, 0.3) is 0 Å². The summed E-state index contributed by atoms with van der Waals surface area (Å²) in [6, 6.07) is 12.3. The summed E-state index contributed by atoms with van der Waals surface area (Å²) in [5, 5.41) is 12.4. The molecule has 0 radical (unpaired) electrons. The number of hydrogen-bond acceptors (Lipinski definition) is 8. The van der Waals surface area contributed by atoms with Crippen LogP contribution in [0.3, 0.4) is 0 Å². The Morgan fingerprint density at radius 2 is 2.00 bits per heavy atom. The highest BCUT2D eigenvalue weighted by molar-refractivity contribution is 7.98. The zero-order valence-corrected chi connectivity index (χ0v) is 18.2. The maximum Gasteiger partial charge on any atom is 0.232 e. The molecule has 1 aliphatic rings. The van der Waals surface area contributed by atoms with Gasteiger partial charge in [0.05, 0.1) is 30.3 Å². The van der Waals surface area contributed by atoms with Crippen molar-refractivity contribution in [3.05, 3.63) is 65.6 Å². The summed E-state index contributed by atoms with van der Waals surface area (Å²) < 4.78 is 21.3. The number of nitrogens with zero attached hydrogens (tertiary/aromatic N) is 6. The van der Waals surface area contributed by atoms with E-state index < -0.39 is 0 Å². The van der Waals surface area contributed by atoms with E-state index in [2.05, 4.69) is 20.1 Å². The number of halogens is 1. The normalized spacial score (nSPS) is 14.2. The van der Waals surface area contributed by atoms with Gasteiger partial charge < -0.3 is 9.64 Å². The van der Waals surface area contributed by atoms with Crippen molar-refractivity contribution in [1.82, 2.24) is 24.7 Å². The Morgan fingerprint density at radius 3 is 2.81 bits per heavy atom. The smallest absolute Gasteiger partial charge is 0.232 e. The standard InChI is InChI=1S/C21H19FN6OS2/c22-15-4-3-5-17(12-15)28-20(27-8-10-29-11-9-27)25-26-21(28)31-14-16-13-30-19(24-16)18-6-1-2-7-23-18/h1-7,12-13H,8-11,14H2. The molecule has 0 amide bonds. The lowest BCUT2D eigenvalue weighted by Crippen LogP contribution is -2.37. The van der Waals surface area contributed by atoms with Crippen LogP contribution in [0, 0.1) is 5.82 Å². The van der Waals surface area contributed by atoms with Crippen LogP contribution < -0.4 is 4.90 Å². The molecule has 10 heteroatoms. The van der Waals surface area contributed by atoms with Crippen LogP contribution in [0.2, 0.25) is 0 Å². The molecule has 0 N–H and O–H groups in total. The van der Waals surface area contributed by atoms with Gasteiger partial charge in [-0.2, -0.15) is 0 Å². The Labute approximate surface area is 186 Å². The van der Waals surface area contributed by atoms with Crippen molar-refractivity contribution in [2.24, 2.45) is 0 Å². The number of hydrogen-bond donors (Lipinski definition) is 0. The van der Waals surface area contributed by atoms with E-state index in [0.29, 0.717) is 35.8 Å². The van der Waals surface area contributed by atoms with E-state index in [0.717, 1.165) is 29.5 Å².